The van der Waals surface area contributed by atoms with Crippen LogP contribution in [-0.2, 0) is 25.5 Å². The van der Waals surface area contributed by atoms with Gasteiger partial charge in [-0.25, -0.2) is 19.6 Å². The molecule has 0 bridgehead atoms. The van der Waals surface area contributed by atoms with E-state index < -0.39 is 35.2 Å². The van der Waals surface area contributed by atoms with Crippen LogP contribution >= 0.6 is 0 Å². The summed E-state index contributed by atoms with van der Waals surface area (Å²) in [5.41, 5.74) is 4.92. The molecule has 1 aliphatic carbocycles. The summed E-state index contributed by atoms with van der Waals surface area (Å²) in [6.07, 6.45) is 8.89. The Morgan fingerprint density at radius 3 is 2.35 bits per heavy atom. The number of rotatable bonds is 20. The minimum Gasteiger partial charge on any atom is -0.444 e. The van der Waals surface area contributed by atoms with Gasteiger partial charge in [-0.3, -0.25) is 19.2 Å². The normalized spacial score (nSPS) is 13.0. The van der Waals surface area contributed by atoms with Gasteiger partial charge >= 0.3 is 12.2 Å². The van der Waals surface area contributed by atoms with Gasteiger partial charge in [0.15, 0.2) is 11.4 Å². The zero-order valence-electron chi connectivity index (χ0n) is 32.1. The van der Waals surface area contributed by atoms with Crippen LogP contribution in [-0.4, -0.2) is 94.5 Å². The van der Waals surface area contributed by atoms with Gasteiger partial charge in [-0.2, -0.15) is 5.10 Å². The number of carbonyl (C=O) groups is 4. The van der Waals surface area contributed by atoms with E-state index in [1.807, 2.05) is 0 Å². The number of anilines is 2. The average molecular weight is 755 g/mol. The van der Waals surface area contributed by atoms with Crippen molar-refractivity contribution in [2.24, 2.45) is 11.7 Å². The third kappa shape index (κ3) is 14.4. The SMILES string of the molecule is CC(C)(C)OC(=O)NCCOCCOCCCCCCn1cc(NC(=O)c2coc(-c3ccnc(N(CC4CC4)C(=O)OC(C)(C)C)c3)n2)c(C(N)=O)n1. The third-order valence-electron chi connectivity index (χ3n) is 7.71. The standard InChI is InChI=1S/C37H54N8O9/c1-36(2,3)53-34(48)40-15-18-51-20-19-50-17-10-8-7-9-16-44-23-27(30(43-44)31(38)46)41-32(47)28-24-52-33(42-28)26-13-14-39-29(21-26)45(22-25-11-12-25)35(49)54-37(4,5)6/h13-14,21,23-25H,7-12,15-20,22H2,1-6H3,(H2,38,46)(H,40,48)(H,41,47). The van der Waals surface area contributed by atoms with E-state index in [9.17, 15) is 19.2 Å². The maximum atomic E-state index is 13.2. The summed E-state index contributed by atoms with van der Waals surface area (Å²) in [5, 5.41) is 9.58. The fourth-order valence-corrected chi connectivity index (χ4v) is 5.04. The second-order valence-electron chi connectivity index (χ2n) is 15.0. The van der Waals surface area contributed by atoms with E-state index in [4.69, 9.17) is 29.1 Å². The number of nitrogens with two attached hydrogens (primary N) is 1. The zero-order chi connectivity index (χ0) is 39.3. The van der Waals surface area contributed by atoms with Crippen molar-refractivity contribution in [3.63, 3.8) is 0 Å². The van der Waals surface area contributed by atoms with Gasteiger partial charge in [0.05, 0.1) is 25.5 Å². The molecule has 0 aliphatic heterocycles. The van der Waals surface area contributed by atoms with Crippen LogP contribution in [0.3, 0.4) is 0 Å². The third-order valence-corrected chi connectivity index (χ3v) is 7.71. The van der Waals surface area contributed by atoms with Gasteiger partial charge in [-0.05, 0) is 85.3 Å². The first-order chi connectivity index (χ1) is 25.6. The summed E-state index contributed by atoms with van der Waals surface area (Å²) >= 11 is 0. The lowest BCUT2D eigenvalue weighted by Crippen LogP contribution is -2.38. The Hall–Kier alpha value is -5.03. The molecule has 0 saturated heterocycles. The molecule has 296 valence electrons. The van der Waals surface area contributed by atoms with Crippen molar-refractivity contribution in [2.75, 3.05) is 49.7 Å². The number of unbranched alkanes of at least 4 members (excludes halogenated alkanes) is 3. The number of carbonyl (C=O) groups excluding carboxylic acids is 4. The summed E-state index contributed by atoms with van der Waals surface area (Å²) in [7, 11) is 0. The number of hydrogen-bond donors (Lipinski definition) is 3. The molecule has 3 aromatic heterocycles. The highest BCUT2D eigenvalue weighted by Gasteiger charge is 2.31. The van der Waals surface area contributed by atoms with Gasteiger partial charge in [-0.1, -0.05) is 12.8 Å². The fourth-order valence-electron chi connectivity index (χ4n) is 5.04. The minimum absolute atomic E-state index is 0.0301. The lowest BCUT2D eigenvalue weighted by Gasteiger charge is -2.27. The molecule has 4 N–H and O–H groups in total. The number of ether oxygens (including phenoxy) is 4. The van der Waals surface area contributed by atoms with E-state index in [0.29, 0.717) is 63.4 Å². The summed E-state index contributed by atoms with van der Waals surface area (Å²) in [6, 6.07) is 3.33. The lowest BCUT2D eigenvalue weighted by molar-refractivity contribution is 0.0390. The van der Waals surface area contributed by atoms with E-state index in [0.717, 1.165) is 38.5 Å². The number of amides is 4. The number of oxazole rings is 1. The number of alkyl carbamates (subject to hydrolysis) is 1. The number of nitrogens with one attached hydrogen (secondary N) is 2. The van der Waals surface area contributed by atoms with Crippen molar-refractivity contribution < 1.29 is 42.5 Å². The topological polar surface area (TPSA) is 215 Å². The maximum absolute atomic E-state index is 13.2. The number of nitrogens with zero attached hydrogens (tertiary/aromatic N) is 5. The monoisotopic (exact) mass is 754 g/mol. The van der Waals surface area contributed by atoms with Gasteiger partial charge in [0, 0.05) is 44.2 Å². The average Bonchev–Trinajstić information content (AvgIpc) is 3.60. The van der Waals surface area contributed by atoms with Crippen LogP contribution in [0.5, 0.6) is 0 Å². The molecule has 17 nitrogen and oxygen atoms in total. The number of aromatic nitrogens is 4. The fraction of sp³-hybridized carbons (Fsp3) is 0.595. The first kappa shape index (κ1) is 41.7. The Bertz CT molecular complexity index is 1710. The Labute approximate surface area is 315 Å². The molecule has 54 heavy (non-hydrogen) atoms. The van der Waals surface area contributed by atoms with E-state index in [1.165, 1.54) is 17.4 Å². The number of hydrogen-bond acceptors (Lipinski definition) is 12. The van der Waals surface area contributed by atoms with Crippen LogP contribution in [0.1, 0.15) is 101 Å². The maximum Gasteiger partial charge on any atom is 0.416 e. The van der Waals surface area contributed by atoms with Crippen molar-refractivity contribution in [2.45, 2.75) is 97.8 Å². The molecule has 0 radical (unpaired) electrons. The zero-order valence-corrected chi connectivity index (χ0v) is 32.1. The van der Waals surface area contributed by atoms with Crippen molar-refractivity contribution >= 4 is 35.5 Å². The van der Waals surface area contributed by atoms with Gasteiger partial charge in [0.2, 0.25) is 5.89 Å². The van der Waals surface area contributed by atoms with Crippen molar-refractivity contribution in [1.82, 2.24) is 25.1 Å². The highest BCUT2D eigenvalue weighted by molar-refractivity contribution is 6.07. The Balaban J connectivity index is 1.19. The summed E-state index contributed by atoms with van der Waals surface area (Å²) in [5.74, 6) is -0.487. The quantitative estimate of drug-likeness (QED) is 0.121. The predicted molar refractivity (Wildman–Crippen MR) is 199 cm³/mol. The molecule has 4 amide bonds. The predicted octanol–water partition coefficient (Wildman–Crippen LogP) is 5.55. The molecule has 0 atom stereocenters. The van der Waals surface area contributed by atoms with Gasteiger partial charge in [-0.15, -0.1) is 0 Å². The molecule has 1 saturated carbocycles. The molecular weight excluding hydrogens is 700 g/mol. The van der Waals surface area contributed by atoms with Gasteiger partial charge in [0.1, 0.15) is 23.3 Å². The molecule has 4 rings (SSSR count). The van der Waals surface area contributed by atoms with Crippen LogP contribution in [0.4, 0.5) is 21.1 Å². The highest BCUT2D eigenvalue weighted by Crippen LogP contribution is 2.33. The number of aryl methyl sites for hydroxylation is 1. The Morgan fingerprint density at radius 2 is 1.67 bits per heavy atom. The molecule has 3 aromatic rings. The summed E-state index contributed by atoms with van der Waals surface area (Å²) < 4.78 is 29.1. The minimum atomic E-state index is -0.782. The van der Waals surface area contributed by atoms with Crippen LogP contribution < -0.4 is 21.3 Å². The molecule has 0 aromatic carbocycles. The number of pyridine rings is 1. The first-order valence-corrected chi connectivity index (χ1v) is 18.3. The van der Waals surface area contributed by atoms with Gasteiger partial charge < -0.3 is 39.7 Å². The van der Waals surface area contributed by atoms with Crippen molar-refractivity contribution in [3.8, 4) is 11.5 Å². The van der Waals surface area contributed by atoms with Crippen LogP contribution in [0, 0.1) is 5.92 Å². The molecule has 0 unspecified atom stereocenters. The van der Waals surface area contributed by atoms with Crippen LogP contribution in [0.25, 0.3) is 11.5 Å². The molecular formula is C37H54N8O9. The van der Waals surface area contributed by atoms with Crippen LogP contribution in [0.15, 0.2) is 35.2 Å². The molecule has 1 aliphatic rings. The van der Waals surface area contributed by atoms with Gasteiger partial charge in [0.25, 0.3) is 11.8 Å². The molecule has 17 heteroatoms. The van der Waals surface area contributed by atoms with Crippen molar-refractivity contribution in [1.29, 1.82) is 0 Å². The molecule has 0 spiro atoms. The number of primary amides is 1. The molecule has 3 heterocycles. The smallest absolute Gasteiger partial charge is 0.416 e. The second kappa shape index (κ2) is 19.3. The highest BCUT2D eigenvalue weighted by atomic mass is 16.6. The van der Waals surface area contributed by atoms with Crippen molar-refractivity contribution in [3.05, 3.63) is 42.2 Å². The summed E-state index contributed by atoms with van der Waals surface area (Å²) in [4.78, 5) is 60.2. The van der Waals surface area contributed by atoms with E-state index in [2.05, 4.69) is 25.7 Å². The lowest BCUT2D eigenvalue weighted by atomic mass is 10.2. The molecule has 1 fully saturated rings. The Kier molecular flexibility index (Phi) is 14.9. The Morgan fingerprint density at radius 1 is 0.963 bits per heavy atom. The van der Waals surface area contributed by atoms with Crippen LogP contribution in [0.2, 0.25) is 0 Å². The van der Waals surface area contributed by atoms with E-state index in [1.54, 1.807) is 64.6 Å². The first-order valence-electron chi connectivity index (χ1n) is 18.3. The largest absolute Gasteiger partial charge is 0.444 e. The van der Waals surface area contributed by atoms with E-state index >= 15 is 0 Å². The van der Waals surface area contributed by atoms with E-state index in [-0.39, 0.29) is 23.0 Å². The second-order valence-corrected chi connectivity index (χ2v) is 15.0. The summed E-state index contributed by atoms with van der Waals surface area (Å²) in [6.45, 7) is 14.0.